The summed E-state index contributed by atoms with van der Waals surface area (Å²) in [4.78, 5) is 19.6. The molecule has 1 aliphatic carbocycles. The van der Waals surface area contributed by atoms with E-state index in [1.807, 2.05) is 18.3 Å². The van der Waals surface area contributed by atoms with Gasteiger partial charge in [-0.1, -0.05) is 6.42 Å². The van der Waals surface area contributed by atoms with Crippen LogP contribution in [0.2, 0.25) is 0 Å². The van der Waals surface area contributed by atoms with Crippen LogP contribution in [0.3, 0.4) is 0 Å². The fourth-order valence-electron chi connectivity index (χ4n) is 3.98. The van der Waals surface area contributed by atoms with Crippen molar-refractivity contribution in [2.45, 2.75) is 25.8 Å². The second kappa shape index (κ2) is 5.21. The van der Waals surface area contributed by atoms with Crippen LogP contribution < -0.4 is 0 Å². The van der Waals surface area contributed by atoms with E-state index in [9.17, 15) is 9.90 Å². The Morgan fingerprint density at radius 1 is 1.59 bits per heavy atom. The number of carbonyl (C=O) groups is 1. The summed E-state index contributed by atoms with van der Waals surface area (Å²) < 4.78 is 5.37. The largest absolute Gasteiger partial charge is 0.481 e. The molecule has 0 radical (unpaired) electrons. The number of carboxylic acids is 1. The molecule has 5 nitrogen and oxygen atoms in total. The number of furan rings is 1. The van der Waals surface area contributed by atoms with Gasteiger partial charge in [-0.2, -0.15) is 0 Å². The number of thiazole rings is 1. The molecule has 2 aromatic heterocycles. The van der Waals surface area contributed by atoms with E-state index in [4.69, 9.17) is 4.42 Å². The van der Waals surface area contributed by atoms with E-state index in [0.29, 0.717) is 12.5 Å². The molecule has 4 rings (SSSR count). The molecular formula is C16H18N2O3S. The second-order valence-electron chi connectivity index (χ2n) is 6.33. The molecule has 1 saturated carbocycles. The molecule has 2 atom stereocenters. The average molecular weight is 318 g/mol. The molecule has 2 aromatic rings. The highest BCUT2D eigenvalue weighted by molar-refractivity contribution is 7.14. The second-order valence-corrected chi connectivity index (χ2v) is 7.44. The third kappa shape index (κ3) is 2.18. The number of hydrogen-bond acceptors (Lipinski definition) is 5. The van der Waals surface area contributed by atoms with Crippen molar-refractivity contribution in [2.24, 2.45) is 11.3 Å². The molecule has 6 heteroatoms. The lowest BCUT2D eigenvalue weighted by Gasteiger charge is -2.23. The predicted molar refractivity (Wildman–Crippen MR) is 82.5 cm³/mol. The van der Waals surface area contributed by atoms with E-state index < -0.39 is 11.4 Å². The number of nitrogens with zero attached hydrogens (tertiary/aromatic N) is 2. The maximum atomic E-state index is 11.7. The minimum Gasteiger partial charge on any atom is -0.481 e. The van der Waals surface area contributed by atoms with E-state index in [1.54, 1.807) is 17.6 Å². The molecule has 0 spiro atoms. The minimum atomic E-state index is -0.613. The van der Waals surface area contributed by atoms with E-state index in [2.05, 4.69) is 9.88 Å². The van der Waals surface area contributed by atoms with Gasteiger partial charge in [0.25, 0.3) is 0 Å². The normalized spacial score (nSPS) is 28.1. The lowest BCUT2D eigenvalue weighted by molar-refractivity contribution is -0.149. The maximum Gasteiger partial charge on any atom is 0.311 e. The molecule has 3 heterocycles. The number of aliphatic carboxylic acids is 1. The van der Waals surface area contributed by atoms with E-state index in [-0.39, 0.29) is 0 Å². The Balaban J connectivity index is 1.48. The van der Waals surface area contributed by atoms with Crippen molar-refractivity contribution >= 4 is 17.3 Å². The Bertz CT molecular complexity index is 681. The number of aromatic nitrogens is 1. The lowest BCUT2D eigenvalue weighted by atomic mass is 9.81. The first-order valence-corrected chi connectivity index (χ1v) is 8.43. The van der Waals surface area contributed by atoms with Crippen molar-refractivity contribution < 1.29 is 14.3 Å². The first-order chi connectivity index (χ1) is 10.7. The van der Waals surface area contributed by atoms with Gasteiger partial charge in [0.05, 0.1) is 11.7 Å². The summed E-state index contributed by atoms with van der Waals surface area (Å²) in [6, 6.07) is 3.76. The van der Waals surface area contributed by atoms with Gasteiger partial charge in [0, 0.05) is 30.7 Å². The summed E-state index contributed by atoms with van der Waals surface area (Å²) in [5.74, 6) is 0.483. The smallest absolute Gasteiger partial charge is 0.311 e. The van der Waals surface area contributed by atoms with Crippen LogP contribution >= 0.6 is 11.3 Å². The number of hydrogen-bond donors (Lipinski definition) is 1. The van der Waals surface area contributed by atoms with Crippen molar-refractivity contribution in [1.82, 2.24) is 9.88 Å². The van der Waals surface area contributed by atoms with Gasteiger partial charge in [-0.3, -0.25) is 9.69 Å². The summed E-state index contributed by atoms with van der Waals surface area (Å²) >= 11 is 1.62. The molecule has 1 saturated heterocycles. The van der Waals surface area contributed by atoms with Crippen LogP contribution in [-0.2, 0) is 11.3 Å². The van der Waals surface area contributed by atoms with E-state index >= 15 is 0 Å². The summed E-state index contributed by atoms with van der Waals surface area (Å²) in [6.45, 7) is 2.34. The molecule has 0 aromatic carbocycles. The molecule has 22 heavy (non-hydrogen) atoms. The number of likely N-dealkylation sites (tertiary alicyclic amines) is 1. The zero-order valence-electron chi connectivity index (χ0n) is 12.2. The van der Waals surface area contributed by atoms with Crippen molar-refractivity contribution in [2.75, 3.05) is 13.1 Å². The quantitative estimate of drug-likeness (QED) is 0.938. The molecule has 0 unspecified atom stereocenters. The van der Waals surface area contributed by atoms with Crippen molar-refractivity contribution in [3.05, 3.63) is 29.5 Å². The van der Waals surface area contributed by atoms with Crippen LogP contribution in [0.1, 0.15) is 24.1 Å². The number of rotatable bonds is 4. The van der Waals surface area contributed by atoms with Gasteiger partial charge < -0.3 is 9.52 Å². The Hall–Kier alpha value is -1.66. The minimum absolute atomic E-state index is 0.308. The Morgan fingerprint density at radius 2 is 2.50 bits per heavy atom. The fraction of sp³-hybridized carbons (Fsp3) is 0.500. The van der Waals surface area contributed by atoms with Crippen LogP contribution in [0.4, 0.5) is 0 Å². The van der Waals surface area contributed by atoms with Crippen LogP contribution in [0.25, 0.3) is 10.8 Å². The lowest BCUT2D eigenvalue weighted by Crippen LogP contribution is -2.35. The zero-order chi connectivity index (χ0) is 15.2. The van der Waals surface area contributed by atoms with Gasteiger partial charge in [-0.25, -0.2) is 4.98 Å². The standard InChI is InChI=1S/C16H18N2O3S/c19-15(20)16-5-1-3-11(16)8-18(10-16)9-12-7-17-14(22-12)13-4-2-6-21-13/h2,4,6-7,11H,1,3,5,8-10H2,(H,19,20)/t11-,16+/m0/s1. The molecule has 1 aliphatic heterocycles. The Morgan fingerprint density at radius 3 is 3.23 bits per heavy atom. The van der Waals surface area contributed by atoms with Gasteiger partial charge in [-0.15, -0.1) is 11.3 Å². The zero-order valence-corrected chi connectivity index (χ0v) is 13.0. The van der Waals surface area contributed by atoms with E-state index in [1.165, 1.54) is 0 Å². The van der Waals surface area contributed by atoms with Gasteiger partial charge in [0.15, 0.2) is 10.8 Å². The monoisotopic (exact) mass is 318 g/mol. The highest BCUT2D eigenvalue weighted by atomic mass is 32.1. The molecule has 0 bridgehead atoms. The van der Waals surface area contributed by atoms with E-state index in [0.717, 1.165) is 48.0 Å². The fourth-order valence-corrected chi connectivity index (χ4v) is 4.90. The molecular weight excluding hydrogens is 300 g/mol. The summed E-state index contributed by atoms with van der Waals surface area (Å²) in [6.07, 6.45) is 6.44. The summed E-state index contributed by atoms with van der Waals surface area (Å²) in [5.41, 5.74) is -0.505. The maximum absolute atomic E-state index is 11.7. The molecule has 116 valence electrons. The van der Waals surface area contributed by atoms with Crippen molar-refractivity contribution in [3.8, 4) is 10.8 Å². The highest BCUT2D eigenvalue weighted by Gasteiger charge is 2.54. The predicted octanol–water partition coefficient (Wildman–Crippen LogP) is 3.09. The summed E-state index contributed by atoms with van der Waals surface area (Å²) in [7, 11) is 0. The van der Waals surface area contributed by atoms with Gasteiger partial charge in [0.2, 0.25) is 0 Å². The van der Waals surface area contributed by atoms with Crippen molar-refractivity contribution in [3.63, 3.8) is 0 Å². The highest BCUT2D eigenvalue weighted by Crippen LogP contribution is 2.49. The molecule has 2 aliphatic rings. The number of carboxylic acid groups (broad SMARTS) is 1. The topological polar surface area (TPSA) is 66.6 Å². The van der Waals surface area contributed by atoms with Crippen LogP contribution in [-0.4, -0.2) is 34.0 Å². The van der Waals surface area contributed by atoms with Crippen LogP contribution in [0.15, 0.2) is 29.0 Å². The molecule has 2 fully saturated rings. The van der Waals surface area contributed by atoms with Gasteiger partial charge in [-0.05, 0) is 30.9 Å². The van der Waals surface area contributed by atoms with Crippen LogP contribution in [0.5, 0.6) is 0 Å². The SMILES string of the molecule is O=C(O)[C@@]12CCC[C@H]1CN(Cc1cnc(-c3ccco3)s1)C2. The average Bonchev–Trinajstić information content (AvgIpc) is 3.22. The number of fused-ring (bicyclic) bond motifs is 1. The Labute approximate surface area is 132 Å². The van der Waals surface area contributed by atoms with Gasteiger partial charge >= 0.3 is 5.97 Å². The third-order valence-electron chi connectivity index (χ3n) is 5.03. The first kappa shape index (κ1) is 14.0. The Kier molecular flexibility index (Phi) is 3.31. The van der Waals surface area contributed by atoms with Gasteiger partial charge in [0.1, 0.15) is 0 Å². The first-order valence-electron chi connectivity index (χ1n) is 7.62. The van der Waals surface area contributed by atoms with Crippen molar-refractivity contribution in [1.29, 1.82) is 0 Å². The van der Waals surface area contributed by atoms with Crippen LogP contribution in [0, 0.1) is 11.3 Å². The molecule has 0 amide bonds. The summed E-state index contributed by atoms with van der Waals surface area (Å²) in [5, 5.41) is 10.5. The molecule has 1 N–H and O–H groups in total. The third-order valence-corrected chi connectivity index (χ3v) is 6.03.